The summed E-state index contributed by atoms with van der Waals surface area (Å²) >= 11 is 5.60. The van der Waals surface area contributed by atoms with Crippen LogP contribution in [0.3, 0.4) is 0 Å². The van der Waals surface area contributed by atoms with Crippen LogP contribution in [0.4, 0.5) is 5.82 Å². The fourth-order valence-electron chi connectivity index (χ4n) is 3.55. The minimum atomic E-state index is -0.343. The van der Waals surface area contributed by atoms with Crippen molar-refractivity contribution in [2.75, 3.05) is 37.7 Å². The van der Waals surface area contributed by atoms with Crippen LogP contribution < -0.4 is 4.90 Å². The van der Waals surface area contributed by atoms with Crippen molar-refractivity contribution in [2.45, 2.75) is 13.6 Å². The molecule has 0 amide bonds. The van der Waals surface area contributed by atoms with E-state index < -0.39 is 0 Å². The SMILES string of the molecule is CCOC(=O)c1ccc(N2CCN(Cn3nc(-c4ccncc4)n(C)c3=S)CC2)nc1. The molecule has 0 saturated carbocycles. The molecule has 0 unspecified atom stereocenters. The van der Waals surface area contributed by atoms with Crippen LogP contribution in [-0.4, -0.2) is 68.0 Å². The number of rotatable bonds is 6. The molecule has 4 rings (SSSR count). The summed E-state index contributed by atoms with van der Waals surface area (Å²) in [6, 6.07) is 7.50. The highest BCUT2D eigenvalue weighted by Crippen LogP contribution is 2.18. The lowest BCUT2D eigenvalue weighted by atomic mass is 10.2. The van der Waals surface area contributed by atoms with Gasteiger partial charge in [0.2, 0.25) is 0 Å². The summed E-state index contributed by atoms with van der Waals surface area (Å²) in [6.07, 6.45) is 5.08. The lowest BCUT2D eigenvalue weighted by Crippen LogP contribution is -2.47. The normalized spacial score (nSPS) is 14.6. The monoisotopic (exact) mass is 439 g/mol. The predicted molar refractivity (Wildman–Crippen MR) is 119 cm³/mol. The first kappa shape index (κ1) is 21.1. The molecule has 162 valence electrons. The topological polar surface area (TPSA) is 81.3 Å². The molecular weight excluding hydrogens is 414 g/mol. The molecule has 10 heteroatoms. The Balaban J connectivity index is 1.38. The molecule has 1 fully saturated rings. The molecule has 0 spiro atoms. The molecule has 0 N–H and O–H groups in total. The zero-order valence-electron chi connectivity index (χ0n) is 17.6. The Hall–Kier alpha value is -3.11. The number of carbonyl (C=O) groups excluding carboxylic acids is 1. The summed E-state index contributed by atoms with van der Waals surface area (Å²) in [5, 5.41) is 4.73. The fourth-order valence-corrected chi connectivity index (χ4v) is 3.73. The van der Waals surface area contributed by atoms with Crippen molar-refractivity contribution in [3.63, 3.8) is 0 Å². The number of esters is 1. The summed E-state index contributed by atoms with van der Waals surface area (Å²) in [5.41, 5.74) is 1.46. The van der Waals surface area contributed by atoms with Crippen LogP contribution in [0.25, 0.3) is 11.4 Å². The first-order valence-corrected chi connectivity index (χ1v) is 10.6. The van der Waals surface area contributed by atoms with Crippen LogP contribution in [-0.2, 0) is 18.5 Å². The summed E-state index contributed by atoms with van der Waals surface area (Å²) in [5.74, 6) is 1.35. The molecule has 1 saturated heterocycles. The quantitative estimate of drug-likeness (QED) is 0.428. The third-order valence-electron chi connectivity index (χ3n) is 5.27. The van der Waals surface area contributed by atoms with Crippen LogP contribution in [0.2, 0.25) is 0 Å². The van der Waals surface area contributed by atoms with E-state index in [0.29, 0.717) is 23.6 Å². The highest BCUT2D eigenvalue weighted by Gasteiger charge is 2.20. The molecule has 1 aliphatic rings. The third kappa shape index (κ3) is 4.64. The van der Waals surface area contributed by atoms with E-state index in [-0.39, 0.29) is 5.97 Å². The number of aromatic nitrogens is 5. The summed E-state index contributed by atoms with van der Waals surface area (Å²) in [7, 11) is 1.94. The van der Waals surface area contributed by atoms with Crippen LogP contribution in [0.1, 0.15) is 17.3 Å². The number of piperazine rings is 1. The second-order valence-corrected chi connectivity index (χ2v) is 7.64. The molecule has 0 radical (unpaired) electrons. The van der Waals surface area contributed by atoms with Gasteiger partial charge in [0.1, 0.15) is 5.82 Å². The van der Waals surface area contributed by atoms with Gasteiger partial charge in [0.15, 0.2) is 10.6 Å². The van der Waals surface area contributed by atoms with E-state index in [2.05, 4.69) is 19.8 Å². The second-order valence-electron chi connectivity index (χ2n) is 7.27. The number of carbonyl (C=O) groups is 1. The number of hydrogen-bond acceptors (Lipinski definition) is 8. The van der Waals surface area contributed by atoms with Gasteiger partial charge in [-0.2, -0.15) is 5.10 Å². The largest absolute Gasteiger partial charge is 0.462 e. The third-order valence-corrected chi connectivity index (χ3v) is 5.75. The Morgan fingerprint density at radius 1 is 1.13 bits per heavy atom. The average molecular weight is 440 g/mol. The number of anilines is 1. The maximum atomic E-state index is 11.8. The number of ether oxygens (including phenoxy) is 1. The van der Waals surface area contributed by atoms with Gasteiger partial charge < -0.3 is 14.2 Å². The zero-order valence-corrected chi connectivity index (χ0v) is 18.5. The first-order chi connectivity index (χ1) is 15.1. The molecule has 31 heavy (non-hydrogen) atoms. The summed E-state index contributed by atoms with van der Waals surface area (Å²) in [4.78, 5) is 24.8. The van der Waals surface area contributed by atoms with Crippen molar-refractivity contribution >= 4 is 24.0 Å². The molecule has 0 bridgehead atoms. The van der Waals surface area contributed by atoms with Gasteiger partial charge in [0.25, 0.3) is 0 Å². The average Bonchev–Trinajstić information content (AvgIpc) is 3.09. The molecule has 0 aliphatic carbocycles. The van der Waals surface area contributed by atoms with Crippen LogP contribution in [0.15, 0.2) is 42.9 Å². The number of hydrogen-bond donors (Lipinski definition) is 0. The maximum absolute atomic E-state index is 11.8. The van der Waals surface area contributed by atoms with Gasteiger partial charge in [-0.25, -0.2) is 14.5 Å². The lowest BCUT2D eigenvalue weighted by molar-refractivity contribution is 0.0526. The fraction of sp³-hybridized carbons (Fsp3) is 0.381. The smallest absolute Gasteiger partial charge is 0.339 e. The van der Waals surface area contributed by atoms with Crippen LogP contribution >= 0.6 is 12.2 Å². The first-order valence-electron chi connectivity index (χ1n) is 10.2. The molecular formula is C21H25N7O2S. The Morgan fingerprint density at radius 2 is 1.87 bits per heavy atom. The van der Waals surface area contributed by atoms with Crippen molar-refractivity contribution in [3.05, 3.63) is 53.2 Å². The predicted octanol–water partition coefficient (Wildman–Crippen LogP) is 2.36. The van der Waals surface area contributed by atoms with E-state index in [4.69, 9.17) is 22.1 Å². The highest BCUT2D eigenvalue weighted by molar-refractivity contribution is 7.71. The minimum absolute atomic E-state index is 0.343. The Labute approximate surface area is 185 Å². The van der Waals surface area contributed by atoms with E-state index in [1.165, 1.54) is 0 Å². The van der Waals surface area contributed by atoms with Gasteiger partial charge in [-0.15, -0.1) is 0 Å². The van der Waals surface area contributed by atoms with E-state index in [1.54, 1.807) is 31.6 Å². The van der Waals surface area contributed by atoms with Gasteiger partial charge >= 0.3 is 5.97 Å². The second kappa shape index (κ2) is 9.36. The van der Waals surface area contributed by atoms with Gasteiger partial charge in [0.05, 0.1) is 18.8 Å². The Bertz CT molecular complexity index is 1090. The molecule has 0 aromatic carbocycles. The number of pyridine rings is 2. The van der Waals surface area contributed by atoms with Crippen molar-refractivity contribution in [1.29, 1.82) is 0 Å². The molecule has 3 aromatic heterocycles. The van der Waals surface area contributed by atoms with Gasteiger partial charge in [-0.1, -0.05) is 0 Å². The van der Waals surface area contributed by atoms with E-state index in [9.17, 15) is 4.79 Å². The Morgan fingerprint density at radius 3 is 2.52 bits per heavy atom. The molecule has 9 nitrogen and oxygen atoms in total. The van der Waals surface area contributed by atoms with Crippen LogP contribution in [0, 0.1) is 4.77 Å². The summed E-state index contributed by atoms with van der Waals surface area (Å²) in [6.45, 7) is 6.19. The minimum Gasteiger partial charge on any atom is -0.462 e. The van der Waals surface area contributed by atoms with Crippen LogP contribution in [0.5, 0.6) is 0 Å². The van der Waals surface area contributed by atoms with Crippen molar-refractivity contribution in [3.8, 4) is 11.4 Å². The zero-order chi connectivity index (χ0) is 21.8. The standard InChI is InChI=1S/C21H25N7O2S/c1-3-30-20(29)17-4-5-18(23-14-17)27-12-10-26(11-13-27)15-28-21(31)25(2)19(24-28)16-6-8-22-9-7-16/h4-9,14H,3,10-13,15H2,1-2H3. The molecule has 0 atom stereocenters. The van der Waals surface area contributed by atoms with Gasteiger partial charge in [-0.3, -0.25) is 9.88 Å². The van der Waals surface area contributed by atoms with Crippen molar-refractivity contribution in [1.82, 2.24) is 29.2 Å². The van der Waals surface area contributed by atoms with E-state index in [1.807, 2.05) is 34.5 Å². The van der Waals surface area contributed by atoms with E-state index >= 15 is 0 Å². The van der Waals surface area contributed by atoms with Gasteiger partial charge in [0, 0.05) is 57.4 Å². The van der Waals surface area contributed by atoms with E-state index in [0.717, 1.165) is 43.4 Å². The molecule has 4 heterocycles. The lowest BCUT2D eigenvalue weighted by Gasteiger charge is -2.35. The maximum Gasteiger partial charge on any atom is 0.339 e. The van der Waals surface area contributed by atoms with Crippen molar-refractivity contribution < 1.29 is 9.53 Å². The molecule has 1 aliphatic heterocycles. The Kier molecular flexibility index (Phi) is 6.38. The van der Waals surface area contributed by atoms with Crippen molar-refractivity contribution in [2.24, 2.45) is 7.05 Å². The molecule has 3 aromatic rings. The van der Waals surface area contributed by atoms with Gasteiger partial charge in [-0.05, 0) is 43.4 Å². The summed E-state index contributed by atoms with van der Waals surface area (Å²) < 4.78 is 9.49. The highest BCUT2D eigenvalue weighted by atomic mass is 32.1. The number of nitrogens with zero attached hydrogens (tertiary/aromatic N) is 7.